The van der Waals surface area contributed by atoms with E-state index in [2.05, 4.69) is 26.2 Å². The molecule has 2 N–H and O–H groups in total. The van der Waals surface area contributed by atoms with Crippen LogP contribution in [0, 0.1) is 0 Å². The van der Waals surface area contributed by atoms with E-state index in [0.717, 1.165) is 0 Å². The fraction of sp³-hybridized carbons (Fsp3) is 0. The molecule has 1 amide bonds. The van der Waals surface area contributed by atoms with Crippen LogP contribution in [0.3, 0.4) is 0 Å². The molecule has 2 rings (SSSR count). The smallest absolute Gasteiger partial charge is 0.274 e. The molecule has 1 aromatic carbocycles. The van der Waals surface area contributed by atoms with Crippen LogP contribution in [0.2, 0.25) is 0 Å². The van der Waals surface area contributed by atoms with Gasteiger partial charge in [0, 0.05) is 5.69 Å². The van der Waals surface area contributed by atoms with Crippen LogP contribution in [0.4, 0.5) is 5.69 Å². The lowest BCUT2D eigenvalue weighted by Gasteiger charge is -2.04. The van der Waals surface area contributed by atoms with Crippen molar-refractivity contribution in [1.82, 2.24) is 4.98 Å². The summed E-state index contributed by atoms with van der Waals surface area (Å²) in [5, 5.41) is 11.8. The van der Waals surface area contributed by atoms with Gasteiger partial charge in [0.1, 0.15) is 16.0 Å². The zero-order valence-electron chi connectivity index (χ0n) is 8.72. The second-order valence-electron chi connectivity index (χ2n) is 3.35. The van der Waals surface area contributed by atoms with Gasteiger partial charge in [0.15, 0.2) is 0 Å². The van der Waals surface area contributed by atoms with Gasteiger partial charge >= 0.3 is 0 Å². The molecule has 0 aliphatic carbocycles. The molecule has 0 aliphatic rings. The summed E-state index contributed by atoms with van der Waals surface area (Å²) in [6, 6.07) is 11.4. The predicted octanol–water partition coefficient (Wildman–Crippen LogP) is 2.80. The van der Waals surface area contributed by atoms with Gasteiger partial charge in [-0.15, -0.1) is 0 Å². The highest BCUT2D eigenvalue weighted by Crippen LogP contribution is 2.15. The monoisotopic (exact) mass is 292 g/mol. The largest absolute Gasteiger partial charge is 0.508 e. The minimum atomic E-state index is -0.294. The number of carbonyl (C=O) groups excluding carboxylic acids is 1. The minimum Gasteiger partial charge on any atom is -0.508 e. The van der Waals surface area contributed by atoms with Crippen LogP contribution in [-0.2, 0) is 0 Å². The molecule has 0 bridgehead atoms. The molecule has 0 saturated carbocycles. The van der Waals surface area contributed by atoms with Crippen molar-refractivity contribution in [1.29, 1.82) is 0 Å². The van der Waals surface area contributed by atoms with Crippen molar-refractivity contribution >= 4 is 27.5 Å². The first-order chi connectivity index (χ1) is 8.15. The van der Waals surface area contributed by atoms with E-state index in [9.17, 15) is 4.79 Å². The highest BCUT2D eigenvalue weighted by atomic mass is 79.9. The summed E-state index contributed by atoms with van der Waals surface area (Å²) in [6.07, 6.45) is 0. The van der Waals surface area contributed by atoms with Gasteiger partial charge in [-0.1, -0.05) is 6.07 Å². The Bertz CT molecular complexity index is 540. The Balaban J connectivity index is 2.14. The molecule has 4 nitrogen and oxygen atoms in total. The number of phenolic OH excluding ortho intramolecular Hbond substituents is 1. The molecule has 0 fully saturated rings. The molecule has 0 unspecified atom stereocenters. The average Bonchev–Trinajstić information content (AvgIpc) is 2.32. The third-order valence-corrected chi connectivity index (χ3v) is 2.51. The predicted molar refractivity (Wildman–Crippen MR) is 68.0 cm³/mol. The fourth-order valence-corrected chi connectivity index (χ4v) is 1.62. The van der Waals surface area contributed by atoms with Crippen molar-refractivity contribution in [3.63, 3.8) is 0 Å². The normalized spacial score (nSPS) is 9.94. The number of aromatic hydroxyl groups is 1. The molecule has 2 aromatic rings. The molecular weight excluding hydrogens is 284 g/mol. The SMILES string of the molecule is O=C(Nc1ccc(O)cc1)c1cccc(Br)n1. The van der Waals surface area contributed by atoms with Gasteiger partial charge in [0.2, 0.25) is 0 Å². The number of pyridine rings is 1. The second kappa shape index (κ2) is 4.97. The first-order valence-corrected chi connectivity index (χ1v) is 5.67. The van der Waals surface area contributed by atoms with E-state index in [1.54, 1.807) is 30.3 Å². The Kier molecular flexibility index (Phi) is 3.39. The molecule has 0 saturated heterocycles. The van der Waals surface area contributed by atoms with Crippen molar-refractivity contribution in [2.24, 2.45) is 0 Å². The van der Waals surface area contributed by atoms with Gasteiger partial charge in [-0.05, 0) is 52.3 Å². The summed E-state index contributed by atoms with van der Waals surface area (Å²) in [5.74, 6) is -0.138. The van der Waals surface area contributed by atoms with Gasteiger partial charge in [-0.3, -0.25) is 4.79 Å². The van der Waals surface area contributed by atoms with Gasteiger partial charge in [-0.2, -0.15) is 0 Å². The van der Waals surface area contributed by atoms with E-state index >= 15 is 0 Å². The topological polar surface area (TPSA) is 62.2 Å². The van der Waals surface area contributed by atoms with Crippen LogP contribution in [0.5, 0.6) is 5.75 Å². The van der Waals surface area contributed by atoms with Crippen LogP contribution in [0.15, 0.2) is 47.1 Å². The van der Waals surface area contributed by atoms with E-state index in [0.29, 0.717) is 16.0 Å². The number of benzene rings is 1. The summed E-state index contributed by atoms with van der Waals surface area (Å²) >= 11 is 3.20. The van der Waals surface area contributed by atoms with Gasteiger partial charge < -0.3 is 10.4 Å². The third-order valence-electron chi connectivity index (χ3n) is 2.07. The molecule has 1 heterocycles. The maximum Gasteiger partial charge on any atom is 0.274 e. The fourth-order valence-electron chi connectivity index (χ4n) is 1.27. The van der Waals surface area contributed by atoms with Crippen molar-refractivity contribution in [3.8, 4) is 5.75 Å². The van der Waals surface area contributed by atoms with Crippen molar-refractivity contribution in [2.45, 2.75) is 0 Å². The number of amides is 1. The maximum absolute atomic E-state index is 11.8. The highest BCUT2D eigenvalue weighted by Gasteiger charge is 2.07. The molecule has 0 atom stereocenters. The molecule has 1 aromatic heterocycles. The lowest BCUT2D eigenvalue weighted by atomic mass is 10.3. The van der Waals surface area contributed by atoms with E-state index in [-0.39, 0.29) is 11.7 Å². The van der Waals surface area contributed by atoms with E-state index in [1.165, 1.54) is 12.1 Å². The molecule has 0 radical (unpaired) electrons. The summed E-state index contributed by atoms with van der Waals surface area (Å²) < 4.78 is 0.607. The minimum absolute atomic E-state index is 0.156. The Hall–Kier alpha value is -1.88. The van der Waals surface area contributed by atoms with Gasteiger partial charge in [-0.25, -0.2) is 4.98 Å². The maximum atomic E-state index is 11.8. The number of rotatable bonds is 2. The number of anilines is 1. The quantitative estimate of drug-likeness (QED) is 0.661. The summed E-state index contributed by atoms with van der Waals surface area (Å²) in [5.41, 5.74) is 0.932. The van der Waals surface area contributed by atoms with Gasteiger partial charge in [0.05, 0.1) is 0 Å². The number of nitrogens with zero attached hydrogens (tertiary/aromatic N) is 1. The number of aromatic nitrogens is 1. The molecule has 0 spiro atoms. The van der Waals surface area contributed by atoms with Crippen molar-refractivity contribution in [3.05, 3.63) is 52.8 Å². The van der Waals surface area contributed by atoms with Crippen LogP contribution in [0.25, 0.3) is 0 Å². The first kappa shape index (κ1) is 11.6. The van der Waals surface area contributed by atoms with Gasteiger partial charge in [0.25, 0.3) is 5.91 Å². The number of phenols is 1. The third kappa shape index (κ3) is 3.04. The number of nitrogens with one attached hydrogen (secondary N) is 1. The lowest BCUT2D eigenvalue weighted by Crippen LogP contribution is -2.13. The van der Waals surface area contributed by atoms with Crippen LogP contribution in [0.1, 0.15) is 10.5 Å². The van der Waals surface area contributed by atoms with E-state index in [4.69, 9.17) is 5.11 Å². The van der Waals surface area contributed by atoms with Crippen LogP contribution >= 0.6 is 15.9 Å². The Labute approximate surface area is 106 Å². The highest BCUT2D eigenvalue weighted by molar-refractivity contribution is 9.10. The average molecular weight is 293 g/mol. The van der Waals surface area contributed by atoms with Crippen LogP contribution in [-0.4, -0.2) is 16.0 Å². The standard InChI is InChI=1S/C12H9BrN2O2/c13-11-3-1-2-10(15-11)12(17)14-8-4-6-9(16)7-5-8/h1-7,16H,(H,14,17). The first-order valence-electron chi connectivity index (χ1n) is 4.88. The summed E-state index contributed by atoms with van der Waals surface area (Å²) in [6.45, 7) is 0. The van der Waals surface area contributed by atoms with Crippen LogP contribution < -0.4 is 5.32 Å². The molecule has 5 heteroatoms. The molecule has 0 aliphatic heterocycles. The number of carbonyl (C=O) groups is 1. The zero-order chi connectivity index (χ0) is 12.3. The Morgan fingerprint density at radius 2 is 1.88 bits per heavy atom. The Morgan fingerprint density at radius 1 is 1.18 bits per heavy atom. The number of hydrogen-bond donors (Lipinski definition) is 2. The Morgan fingerprint density at radius 3 is 2.53 bits per heavy atom. The zero-order valence-corrected chi connectivity index (χ0v) is 10.3. The molecule has 86 valence electrons. The van der Waals surface area contributed by atoms with Crippen molar-refractivity contribution in [2.75, 3.05) is 5.32 Å². The summed E-state index contributed by atoms with van der Waals surface area (Å²) in [4.78, 5) is 15.8. The number of halogens is 1. The number of hydrogen-bond acceptors (Lipinski definition) is 3. The molecular formula is C12H9BrN2O2. The van der Waals surface area contributed by atoms with E-state index < -0.39 is 0 Å². The lowest BCUT2D eigenvalue weighted by molar-refractivity contribution is 0.102. The van der Waals surface area contributed by atoms with E-state index in [1.807, 2.05) is 0 Å². The summed E-state index contributed by atoms with van der Waals surface area (Å²) in [7, 11) is 0. The molecule has 17 heavy (non-hydrogen) atoms. The second-order valence-corrected chi connectivity index (χ2v) is 4.16. The van der Waals surface area contributed by atoms with Crippen molar-refractivity contribution < 1.29 is 9.90 Å².